The summed E-state index contributed by atoms with van der Waals surface area (Å²) in [7, 11) is 4.46. The van der Waals surface area contributed by atoms with Gasteiger partial charge in [-0.1, -0.05) is 71.7 Å². The van der Waals surface area contributed by atoms with E-state index in [0.717, 1.165) is 77.9 Å². The summed E-state index contributed by atoms with van der Waals surface area (Å²) in [6.45, 7) is 1.47. The first-order valence-corrected chi connectivity index (χ1v) is 26.7. The van der Waals surface area contributed by atoms with Gasteiger partial charge in [0, 0.05) is 48.8 Å². The number of ether oxygens (including phenoxy) is 3. The summed E-state index contributed by atoms with van der Waals surface area (Å²) in [5, 5.41) is 91.5. The van der Waals surface area contributed by atoms with Crippen LogP contribution < -0.4 is 9.84 Å². The molecule has 0 bridgehead atoms. The molecule has 0 amide bonds. The minimum atomic E-state index is -5.19. The lowest BCUT2D eigenvalue weighted by atomic mass is 9.90. The average Bonchev–Trinajstić information content (AvgIpc) is 4.07. The van der Waals surface area contributed by atoms with Crippen LogP contribution in [-0.4, -0.2) is 153 Å². The number of benzene rings is 4. The number of halogens is 5. The Morgan fingerprint density at radius 2 is 1.07 bits per heavy atom. The Labute approximate surface area is 455 Å². The number of likely N-dealkylation sites (N-methyl/N-ethyl adjacent to an activating group) is 1. The fraction of sp³-hybridized carbons (Fsp3) is 0.400. The molecular weight excluding hydrogens is 1070 g/mol. The number of carbonyl (C=O) groups is 1. The van der Waals surface area contributed by atoms with E-state index in [-0.39, 0.29) is 0 Å². The molecule has 8 rings (SSSR count). The first-order valence-electron chi connectivity index (χ1n) is 24.3. The van der Waals surface area contributed by atoms with Gasteiger partial charge >= 0.3 is 6.18 Å². The molecule has 4 heterocycles. The largest absolute Gasteiger partial charge is 0.542 e. The number of carboxylic acid groups (broad SMARTS) is 1. The third kappa shape index (κ3) is 15.0. The molecule has 0 saturated carbocycles. The van der Waals surface area contributed by atoms with E-state index in [1.165, 1.54) is 5.56 Å². The molecule has 410 valence electrons. The van der Waals surface area contributed by atoms with E-state index >= 15 is 0 Å². The third-order valence-electron chi connectivity index (χ3n) is 13.4. The van der Waals surface area contributed by atoms with Crippen molar-refractivity contribution in [1.82, 2.24) is 0 Å². The maximum absolute atomic E-state index is 10.7. The van der Waals surface area contributed by atoms with Crippen LogP contribution >= 0.6 is 45.9 Å². The Morgan fingerprint density at radius 3 is 1.49 bits per heavy atom. The lowest BCUT2D eigenvalue weighted by Crippen LogP contribution is -2.55. The second kappa shape index (κ2) is 26.0. The lowest BCUT2D eigenvalue weighted by molar-refractivity contribution is -0.890. The van der Waals surface area contributed by atoms with Crippen molar-refractivity contribution in [2.75, 3.05) is 47.0 Å². The molecule has 2 fully saturated rings. The maximum Gasteiger partial charge on any atom is 0.430 e. The van der Waals surface area contributed by atoms with Crippen molar-refractivity contribution >= 4 is 51.8 Å². The molecule has 0 spiro atoms. The summed E-state index contributed by atoms with van der Waals surface area (Å²) >= 11 is 16.6. The van der Waals surface area contributed by atoms with Crippen molar-refractivity contribution in [2.24, 2.45) is 0 Å². The highest BCUT2D eigenvalue weighted by Crippen LogP contribution is 2.38. The van der Waals surface area contributed by atoms with Crippen LogP contribution in [0.5, 0.6) is 5.75 Å². The van der Waals surface area contributed by atoms with Crippen LogP contribution in [0.1, 0.15) is 56.2 Å². The molecule has 2 saturated heterocycles. The number of carbonyl (C=O) groups excluding carboxylic acids is 1. The molecule has 0 unspecified atom stereocenters. The van der Waals surface area contributed by atoms with Gasteiger partial charge in [-0.3, -0.25) is 0 Å². The molecule has 14 nitrogen and oxygen atoms in total. The number of aryl methyl sites for hydroxylation is 1. The molecule has 8 N–H and O–H groups in total. The number of rotatable bonds is 18. The standard InChI is InChI=1S/C53H60Cl2NO11S2.C2HF3O2/c1-56(2,21-3-4-30-5-7-31(8-6-30)44-19-15-38(68-44)26-35-24-33(11-17-40(35)54)52-50(63)48(61)46(59)42(28-57)66-52)22-23-65-37-13-9-32(10-14-37)45-20-16-39(69-45)27-36-25-34(12-18-41(36)55)53-51(64)49(62)47(60)43(29-58)67-53;3-2(4,5)1(6)7/h5-20,24-25,42-43,46-53,57-64H,3-4,21-23,26-29H2,1-2H3;(H,6,7)/q+1;/p-1/t42-,43-,46-,47-,48+,49+,50-,51-,52+,53+;/m1./s1. The summed E-state index contributed by atoms with van der Waals surface area (Å²) in [6, 6.07) is 35.8. The minimum Gasteiger partial charge on any atom is -0.542 e. The smallest absolute Gasteiger partial charge is 0.430 e. The van der Waals surface area contributed by atoms with Crippen LogP contribution in [-0.2, 0) is 33.5 Å². The monoisotopic (exact) mass is 1130 g/mol. The van der Waals surface area contributed by atoms with Crippen molar-refractivity contribution in [3.8, 4) is 26.6 Å². The van der Waals surface area contributed by atoms with Crippen LogP contribution in [0.25, 0.3) is 20.9 Å². The quantitative estimate of drug-likeness (QED) is 0.0460. The zero-order chi connectivity index (χ0) is 55.1. The Hall–Kier alpha value is -4.52. The molecule has 2 aliphatic heterocycles. The second-order valence-electron chi connectivity index (χ2n) is 19.4. The molecule has 0 aliphatic carbocycles. The molecule has 4 aromatic carbocycles. The molecule has 2 aromatic heterocycles. The second-order valence-corrected chi connectivity index (χ2v) is 22.6. The number of aliphatic hydroxyl groups excluding tert-OH is 8. The van der Waals surface area contributed by atoms with Gasteiger partial charge < -0.3 is 69.4 Å². The Morgan fingerprint density at radius 1 is 0.632 bits per heavy atom. The number of thiophene rings is 2. The SMILES string of the molecule is C[N+](C)(CCCc1ccc(-c2ccc(Cc3cc([C@@H]4O[C@H](CO)[C@@H](O)[C@H](O)[C@H]4O)ccc3Cl)s2)cc1)CCOc1ccc(-c2ccc(Cc3cc([C@@H]4O[C@H](CO)[C@@H](O)[C@H](O)[C@H]4O)ccc3Cl)s2)cc1.O=C([O-])C(F)(F)F. The number of quaternary nitrogens is 1. The van der Waals surface area contributed by atoms with Crippen molar-refractivity contribution in [3.63, 3.8) is 0 Å². The Kier molecular flexibility index (Phi) is 20.2. The lowest BCUT2D eigenvalue weighted by Gasteiger charge is -2.40. The third-order valence-corrected chi connectivity index (χ3v) is 16.4. The summed E-state index contributed by atoms with van der Waals surface area (Å²) in [5.41, 5.74) is 6.37. The zero-order valence-electron chi connectivity index (χ0n) is 41.3. The molecule has 0 radical (unpaired) electrons. The summed E-state index contributed by atoms with van der Waals surface area (Å²) in [4.78, 5) is 13.2. The molecule has 21 heteroatoms. The van der Waals surface area contributed by atoms with Gasteiger partial charge in [-0.2, -0.15) is 13.2 Å². The highest BCUT2D eigenvalue weighted by molar-refractivity contribution is 7.15. The summed E-state index contributed by atoms with van der Waals surface area (Å²) < 4.78 is 50.1. The van der Waals surface area contributed by atoms with Crippen LogP contribution in [0.2, 0.25) is 10.0 Å². The Bertz CT molecular complexity index is 2670. The number of carboxylic acids is 1. The van der Waals surface area contributed by atoms with Gasteiger partial charge in [0.05, 0.1) is 33.9 Å². The van der Waals surface area contributed by atoms with E-state index in [4.69, 9.17) is 47.3 Å². The van der Waals surface area contributed by atoms with Crippen molar-refractivity contribution in [1.29, 1.82) is 0 Å². The normalized spacial score (nSPS) is 23.9. The number of aliphatic hydroxyl groups is 8. The zero-order valence-corrected chi connectivity index (χ0v) is 44.4. The van der Waals surface area contributed by atoms with Crippen molar-refractivity contribution < 1.29 is 82.6 Å². The molecule has 2 aliphatic rings. The fourth-order valence-corrected chi connectivity index (χ4v) is 11.4. The van der Waals surface area contributed by atoms with Gasteiger partial charge in [-0.05, 0) is 106 Å². The minimum absolute atomic E-state index is 0.488. The highest BCUT2D eigenvalue weighted by Gasteiger charge is 2.45. The topological polar surface area (TPSA) is 230 Å². The van der Waals surface area contributed by atoms with Gasteiger partial charge in [0.25, 0.3) is 0 Å². The average molecular weight is 1140 g/mol. The number of hydrogen-bond donors (Lipinski definition) is 8. The van der Waals surface area contributed by atoms with E-state index in [9.17, 15) is 54.0 Å². The first-order chi connectivity index (χ1) is 36.0. The summed E-state index contributed by atoms with van der Waals surface area (Å²) in [6.07, 6.45) is -14.4. The van der Waals surface area contributed by atoms with E-state index in [2.05, 4.69) is 74.8 Å². The molecule has 10 atom stereocenters. The van der Waals surface area contributed by atoms with Gasteiger partial charge in [0.15, 0.2) is 0 Å². The van der Waals surface area contributed by atoms with E-state index < -0.39 is 86.4 Å². The predicted octanol–water partition coefficient (Wildman–Crippen LogP) is 6.05. The fourth-order valence-electron chi connectivity index (χ4n) is 8.98. The van der Waals surface area contributed by atoms with Crippen molar-refractivity contribution in [2.45, 2.75) is 92.9 Å². The van der Waals surface area contributed by atoms with E-state index in [1.807, 2.05) is 24.3 Å². The van der Waals surface area contributed by atoms with Gasteiger partial charge in [-0.15, -0.1) is 22.7 Å². The van der Waals surface area contributed by atoms with Gasteiger partial charge in [0.2, 0.25) is 0 Å². The van der Waals surface area contributed by atoms with Crippen LogP contribution in [0.3, 0.4) is 0 Å². The van der Waals surface area contributed by atoms with Gasteiger partial charge in [0.1, 0.15) is 85.9 Å². The molecule has 76 heavy (non-hydrogen) atoms. The van der Waals surface area contributed by atoms with Crippen LogP contribution in [0, 0.1) is 0 Å². The molecule has 6 aromatic rings. The number of aliphatic carboxylic acids is 1. The maximum atomic E-state index is 10.7. The van der Waals surface area contributed by atoms with Crippen molar-refractivity contribution in [3.05, 3.63) is 157 Å². The van der Waals surface area contributed by atoms with Crippen LogP contribution in [0.4, 0.5) is 13.2 Å². The predicted molar refractivity (Wildman–Crippen MR) is 280 cm³/mol. The molecular formula is C55H60Cl2F3NO13S2. The highest BCUT2D eigenvalue weighted by atomic mass is 35.5. The number of alkyl halides is 3. The number of nitrogens with zero attached hydrogens (tertiary/aromatic N) is 1. The van der Waals surface area contributed by atoms with Gasteiger partial charge in [-0.25, -0.2) is 0 Å². The van der Waals surface area contributed by atoms with Crippen LogP contribution in [0.15, 0.2) is 109 Å². The number of hydrogen-bond acceptors (Lipinski definition) is 15. The summed E-state index contributed by atoms with van der Waals surface area (Å²) in [5.74, 6) is -2.19. The Balaban J connectivity index is 0.00000112. The first kappa shape index (κ1) is 59.1. The van der Waals surface area contributed by atoms with E-state index in [1.54, 1.807) is 46.9 Å². The van der Waals surface area contributed by atoms with E-state index in [0.29, 0.717) is 40.6 Å².